The number of methoxy groups -OCH3 is 1. The maximum Gasteiger partial charge on any atom is 0.251 e. The average molecular weight is 554 g/mol. The van der Waals surface area contributed by atoms with Gasteiger partial charge in [0.1, 0.15) is 5.75 Å². The number of aryl methyl sites for hydroxylation is 3. The van der Waals surface area contributed by atoms with Crippen molar-refractivity contribution < 1.29 is 14.6 Å². The Balaban J connectivity index is 1.22. The van der Waals surface area contributed by atoms with Crippen molar-refractivity contribution in [3.63, 3.8) is 0 Å². The van der Waals surface area contributed by atoms with E-state index in [1.54, 1.807) is 19.2 Å². The standard InChI is InChI=1S/C31H35N7O3/c1-37-29(20-6-4-3-5-7-20)27-25(36-37)11-9-22-19-32-31(35-28(22)27)34-24-10-8-21(18-26(24)41-2)30(40)33-23-12-14-38(15-13-23)16-17-39/h3-8,10,18-19,23,39H,9,11-17H2,1-2H3,(H,33,40)(H,32,34,35). The molecular formula is C31H35N7O3. The fraction of sp³-hybridized carbons (Fsp3) is 0.355. The summed E-state index contributed by atoms with van der Waals surface area (Å²) in [4.78, 5) is 24.8. The molecule has 41 heavy (non-hydrogen) atoms. The minimum atomic E-state index is -0.127. The van der Waals surface area contributed by atoms with Crippen LogP contribution in [0.5, 0.6) is 5.75 Å². The summed E-state index contributed by atoms with van der Waals surface area (Å²) in [7, 11) is 3.56. The predicted octanol–water partition coefficient (Wildman–Crippen LogP) is 3.58. The topological polar surface area (TPSA) is 117 Å². The molecule has 1 aliphatic heterocycles. The van der Waals surface area contributed by atoms with Gasteiger partial charge >= 0.3 is 0 Å². The molecule has 1 fully saturated rings. The van der Waals surface area contributed by atoms with Crippen molar-refractivity contribution in [2.75, 3.05) is 38.7 Å². The Morgan fingerprint density at radius 1 is 1.12 bits per heavy atom. The normalized spacial score (nSPS) is 15.2. The number of benzene rings is 2. The molecule has 0 saturated carbocycles. The number of nitrogens with one attached hydrogen (secondary N) is 2. The lowest BCUT2D eigenvalue weighted by atomic mass is 9.91. The number of hydrogen-bond acceptors (Lipinski definition) is 8. The minimum Gasteiger partial charge on any atom is -0.495 e. The van der Waals surface area contributed by atoms with E-state index in [2.05, 4.69) is 32.7 Å². The molecule has 3 N–H and O–H groups in total. The molecule has 10 heteroatoms. The van der Waals surface area contributed by atoms with Gasteiger partial charge in [-0.15, -0.1) is 0 Å². The number of nitrogens with zero attached hydrogens (tertiary/aromatic N) is 5. The monoisotopic (exact) mass is 553 g/mol. The quantitative estimate of drug-likeness (QED) is 0.303. The number of anilines is 2. The Labute approximate surface area is 239 Å². The van der Waals surface area contributed by atoms with Crippen molar-refractivity contribution in [2.24, 2.45) is 7.05 Å². The van der Waals surface area contributed by atoms with E-state index >= 15 is 0 Å². The molecule has 4 aromatic rings. The molecule has 212 valence electrons. The van der Waals surface area contributed by atoms with E-state index in [1.165, 1.54) is 0 Å². The van der Waals surface area contributed by atoms with Crippen LogP contribution in [0.15, 0.2) is 54.7 Å². The number of amides is 1. The van der Waals surface area contributed by atoms with Crippen LogP contribution in [0.4, 0.5) is 11.6 Å². The van der Waals surface area contributed by atoms with E-state index in [0.29, 0.717) is 29.5 Å². The summed E-state index contributed by atoms with van der Waals surface area (Å²) >= 11 is 0. The van der Waals surface area contributed by atoms with Crippen molar-refractivity contribution >= 4 is 17.5 Å². The zero-order valence-electron chi connectivity index (χ0n) is 23.4. The summed E-state index contributed by atoms with van der Waals surface area (Å²) in [6.45, 7) is 2.57. The highest BCUT2D eigenvalue weighted by molar-refractivity contribution is 5.95. The molecule has 1 amide bonds. The number of β-amino-alcohol motifs (C(OH)–C–C–N with tert-alkyl or cyclic N) is 1. The van der Waals surface area contributed by atoms with Crippen LogP contribution >= 0.6 is 0 Å². The Kier molecular flexibility index (Phi) is 7.67. The lowest BCUT2D eigenvalue weighted by Crippen LogP contribution is -2.45. The number of carbonyl (C=O) groups is 1. The average Bonchev–Trinajstić information content (AvgIpc) is 3.35. The van der Waals surface area contributed by atoms with Crippen molar-refractivity contribution in [2.45, 2.75) is 31.7 Å². The number of likely N-dealkylation sites (tertiary alicyclic amines) is 1. The summed E-state index contributed by atoms with van der Waals surface area (Å²) in [6, 6.07) is 15.7. The number of hydrogen-bond donors (Lipinski definition) is 3. The summed E-state index contributed by atoms with van der Waals surface area (Å²) in [5, 5.41) is 20.4. The molecule has 1 saturated heterocycles. The first-order valence-corrected chi connectivity index (χ1v) is 14.1. The van der Waals surface area contributed by atoms with Gasteiger partial charge in [0, 0.05) is 55.6 Å². The van der Waals surface area contributed by atoms with Gasteiger partial charge in [0.15, 0.2) is 0 Å². The summed E-state index contributed by atoms with van der Waals surface area (Å²) in [5.41, 5.74) is 7.40. The summed E-state index contributed by atoms with van der Waals surface area (Å²) in [5.74, 6) is 0.853. The zero-order valence-corrected chi connectivity index (χ0v) is 23.4. The first-order valence-electron chi connectivity index (χ1n) is 14.1. The molecule has 2 aromatic heterocycles. The molecule has 0 bridgehead atoms. The number of aromatic nitrogens is 4. The first-order chi connectivity index (χ1) is 20.0. The van der Waals surface area contributed by atoms with Crippen molar-refractivity contribution in [3.05, 3.63) is 71.5 Å². The highest BCUT2D eigenvalue weighted by atomic mass is 16.5. The smallest absolute Gasteiger partial charge is 0.251 e. The predicted molar refractivity (Wildman–Crippen MR) is 157 cm³/mol. The van der Waals surface area contributed by atoms with E-state index < -0.39 is 0 Å². The Hall–Kier alpha value is -4.28. The maximum absolute atomic E-state index is 13.0. The molecule has 2 aliphatic rings. The van der Waals surface area contributed by atoms with E-state index in [-0.39, 0.29) is 18.6 Å². The zero-order chi connectivity index (χ0) is 28.3. The first kappa shape index (κ1) is 26.9. The Bertz CT molecular complexity index is 1550. The molecule has 0 radical (unpaired) electrons. The number of piperidine rings is 1. The van der Waals surface area contributed by atoms with Crippen molar-refractivity contribution in [1.29, 1.82) is 0 Å². The molecule has 2 aromatic carbocycles. The van der Waals surface area contributed by atoms with Crippen LogP contribution in [0.2, 0.25) is 0 Å². The van der Waals surface area contributed by atoms with Gasteiger partial charge < -0.3 is 25.4 Å². The molecule has 0 unspecified atom stereocenters. The lowest BCUT2D eigenvalue weighted by Gasteiger charge is -2.31. The van der Waals surface area contributed by atoms with Crippen LogP contribution in [-0.4, -0.2) is 75.1 Å². The number of ether oxygens (including phenoxy) is 1. The summed E-state index contributed by atoms with van der Waals surface area (Å²) in [6.07, 6.45) is 5.29. The highest BCUT2D eigenvalue weighted by Gasteiger charge is 2.27. The third kappa shape index (κ3) is 5.53. The molecule has 6 rings (SSSR count). The molecule has 0 atom stereocenters. The molecule has 10 nitrogen and oxygen atoms in total. The largest absolute Gasteiger partial charge is 0.495 e. The van der Waals surface area contributed by atoms with Gasteiger partial charge in [0.05, 0.1) is 36.5 Å². The van der Waals surface area contributed by atoms with Crippen LogP contribution in [-0.2, 0) is 19.9 Å². The van der Waals surface area contributed by atoms with Crippen LogP contribution in [0.3, 0.4) is 0 Å². The van der Waals surface area contributed by atoms with Gasteiger partial charge in [-0.25, -0.2) is 9.97 Å². The van der Waals surface area contributed by atoms with Crippen LogP contribution < -0.4 is 15.4 Å². The van der Waals surface area contributed by atoms with Gasteiger partial charge in [0.2, 0.25) is 5.95 Å². The van der Waals surface area contributed by atoms with E-state index in [1.807, 2.05) is 42.2 Å². The Morgan fingerprint density at radius 3 is 2.68 bits per heavy atom. The number of aliphatic hydroxyl groups is 1. The second-order valence-electron chi connectivity index (χ2n) is 10.6. The number of rotatable bonds is 8. The van der Waals surface area contributed by atoms with Crippen molar-refractivity contribution in [1.82, 2.24) is 30.0 Å². The molecule has 1 aliphatic carbocycles. The third-order valence-electron chi connectivity index (χ3n) is 7.95. The van der Waals surface area contributed by atoms with Gasteiger partial charge in [-0.3, -0.25) is 9.48 Å². The van der Waals surface area contributed by atoms with Gasteiger partial charge in [-0.2, -0.15) is 5.10 Å². The summed E-state index contributed by atoms with van der Waals surface area (Å²) < 4.78 is 7.59. The fourth-order valence-electron chi connectivity index (χ4n) is 5.82. The fourth-order valence-corrected chi connectivity index (χ4v) is 5.82. The highest BCUT2D eigenvalue weighted by Crippen LogP contribution is 2.40. The molecule has 3 heterocycles. The molecule has 0 spiro atoms. The van der Waals surface area contributed by atoms with E-state index in [0.717, 1.165) is 72.5 Å². The molecular weight excluding hydrogens is 518 g/mol. The number of fused-ring (bicyclic) bond motifs is 3. The maximum atomic E-state index is 13.0. The minimum absolute atomic E-state index is 0.114. The lowest BCUT2D eigenvalue weighted by molar-refractivity contribution is 0.0903. The number of carbonyl (C=O) groups excluding carboxylic acids is 1. The Morgan fingerprint density at radius 2 is 1.93 bits per heavy atom. The van der Waals surface area contributed by atoms with Crippen LogP contribution in [0.25, 0.3) is 22.5 Å². The van der Waals surface area contributed by atoms with Crippen molar-refractivity contribution in [3.8, 4) is 28.3 Å². The van der Waals surface area contributed by atoms with Crippen LogP contribution in [0, 0.1) is 0 Å². The second kappa shape index (κ2) is 11.7. The van der Waals surface area contributed by atoms with E-state index in [9.17, 15) is 4.79 Å². The second-order valence-corrected chi connectivity index (χ2v) is 10.6. The van der Waals surface area contributed by atoms with Gasteiger partial charge in [-0.05, 0) is 49.4 Å². The van der Waals surface area contributed by atoms with E-state index in [4.69, 9.17) is 19.9 Å². The van der Waals surface area contributed by atoms with Crippen LogP contribution in [0.1, 0.15) is 34.5 Å². The number of aliphatic hydroxyl groups excluding tert-OH is 1. The third-order valence-corrected chi connectivity index (χ3v) is 7.95. The van der Waals surface area contributed by atoms with Gasteiger partial charge in [0.25, 0.3) is 5.91 Å². The SMILES string of the molecule is COc1cc(C(=O)NC2CCN(CCO)CC2)ccc1Nc1ncc2c(n1)-c1c(nn(C)c1-c1ccccc1)CC2. The van der Waals surface area contributed by atoms with Gasteiger partial charge in [-0.1, -0.05) is 30.3 Å².